The van der Waals surface area contributed by atoms with Gasteiger partial charge in [-0.25, -0.2) is 22.2 Å². The highest BCUT2D eigenvalue weighted by molar-refractivity contribution is 7.89. The highest BCUT2D eigenvalue weighted by atomic mass is 35.5. The molecule has 1 fully saturated rings. The fourth-order valence-corrected chi connectivity index (χ4v) is 4.27. The van der Waals surface area contributed by atoms with Crippen molar-refractivity contribution < 1.29 is 17.2 Å². The molecule has 1 saturated heterocycles. The first-order chi connectivity index (χ1) is 11.8. The number of rotatable bonds is 4. The third-order valence-electron chi connectivity index (χ3n) is 4.25. The van der Waals surface area contributed by atoms with Gasteiger partial charge in [0.05, 0.1) is 17.6 Å². The number of hydrogen-bond donors (Lipinski definition) is 0. The second-order valence-corrected chi connectivity index (χ2v) is 8.14. The van der Waals surface area contributed by atoms with Crippen LogP contribution in [0.2, 0.25) is 5.15 Å². The van der Waals surface area contributed by atoms with Crippen LogP contribution in [0.5, 0.6) is 0 Å². The number of imidazole rings is 1. The molecule has 25 heavy (non-hydrogen) atoms. The first kappa shape index (κ1) is 18.2. The summed E-state index contributed by atoms with van der Waals surface area (Å²) in [6, 6.07) is 2.62. The lowest BCUT2D eigenvalue weighted by Gasteiger charge is -2.33. The second kappa shape index (κ2) is 6.99. The fourth-order valence-electron chi connectivity index (χ4n) is 2.69. The number of piperazine rings is 1. The van der Waals surface area contributed by atoms with Gasteiger partial charge in [0, 0.05) is 33.2 Å². The highest BCUT2D eigenvalue weighted by Gasteiger charge is 2.29. The molecule has 0 unspecified atom stereocenters. The Morgan fingerprint density at radius 1 is 1.16 bits per heavy atom. The van der Waals surface area contributed by atoms with Gasteiger partial charge in [0.25, 0.3) is 0 Å². The van der Waals surface area contributed by atoms with Crippen molar-refractivity contribution in [1.29, 1.82) is 0 Å². The molecule has 10 heteroatoms. The molecule has 1 aliphatic heterocycles. The molecule has 0 bridgehead atoms. The van der Waals surface area contributed by atoms with Crippen LogP contribution in [0, 0.1) is 11.6 Å². The lowest BCUT2D eigenvalue weighted by Crippen LogP contribution is -2.48. The van der Waals surface area contributed by atoms with Crippen molar-refractivity contribution in [3.05, 3.63) is 47.0 Å². The number of halogens is 3. The van der Waals surface area contributed by atoms with Gasteiger partial charge in [0.15, 0.2) is 11.6 Å². The Labute approximate surface area is 149 Å². The van der Waals surface area contributed by atoms with E-state index in [4.69, 9.17) is 11.6 Å². The first-order valence-corrected chi connectivity index (χ1v) is 9.44. The number of benzene rings is 1. The third kappa shape index (κ3) is 3.69. The van der Waals surface area contributed by atoms with Crippen LogP contribution < -0.4 is 0 Å². The minimum atomic E-state index is -3.84. The van der Waals surface area contributed by atoms with Crippen molar-refractivity contribution in [1.82, 2.24) is 18.8 Å². The van der Waals surface area contributed by atoms with Crippen molar-refractivity contribution in [3.63, 3.8) is 0 Å². The summed E-state index contributed by atoms with van der Waals surface area (Å²) in [5.41, 5.74) is 0. The van der Waals surface area contributed by atoms with Crippen molar-refractivity contribution in [2.45, 2.75) is 11.4 Å². The molecule has 0 N–H and O–H groups in total. The molecule has 1 aliphatic rings. The summed E-state index contributed by atoms with van der Waals surface area (Å²) in [5.74, 6) is -1.45. The van der Waals surface area contributed by atoms with Gasteiger partial charge in [-0.1, -0.05) is 11.6 Å². The van der Waals surface area contributed by atoms with Gasteiger partial charge in [-0.15, -0.1) is 0 Å². The average Bonchev–Trinajstić information content (AvgIpc) is 2.90. The van der Waals surface area contributed by atoms with E-state index in [0.29, 0.717) is 30.9 Å². The minimum absolute atomic E-state index is 0.240. The molecule has 0 atom stereocenters. The van der Waals surface area contributed by atoms with E-state index in [-0.39, 0.29) is 18.0 Å². The summed E-state index contributed by atoms with van der Waals surface area (Å²) < 4.78 is 54.5. The Morgan fingerprint density at radius 2 is 1.84 bits per heavy atom. The van der Waals surface area contributed by atoms with Gasteiger partial charge < -0.3 is 4.57 Å². The quantitative estimate of drug-likeness (QED) is 0.799. The van der Waals surface area contributed by atoms with E-state index >= 15 is 0 Å². The minimum Gasteiger partial charge on any atom is -0.321 e. The van der Waals surface area contributed by atoms with Crippen molar-refractivity contribution in [3.8, 4) is 0 Å². The molecule has 0 radical (unpaired) electrons. The molecule has 136 valence electrons. The van der Waals surface area contributed by atoms with Crippen LogP contribution in [0.1, 0.15) is 5.82 Å². The Bertz CT molecular complexity index is 880. The maximum atomic E-state index is 13.3. The van der Waals surface area contributed by atoms with Crippen LogP contribution in [-0.2, 0) is 23.6 Å². The van der Waals surface area contributed by atoms with E-state index in [1.165, 1.54) is 4.31 Å². The number of hydrogen-bond acceptors (Lipinski definition) is 4. The Hall–Kier alpha value is -1.55. The molecule has 0 saturated carbocycles. The van der Waals surface area contributed by atoms with Gasteiger partial charge in [-0.05, 0) is 18.2 Å². The highest BCUT2D eigenvalue weighted by Crippen LogP contribution is 2.20. The van der Waals surface area contributed by atoms with Crippen LogP contribution in [0.15, 0.2) is 29.3 Å². The molecule has 1 aromatic carbocycles. The molecule has 0 aliphatic carbocycles. The van der Waals surface area contributed by atoms with E-state index in [1.54, 1.807) is 10.8 Å². The second-order valence-electron chi connectivity index (χ2n) is 5.81. The maximum absolute atomic E-state index is 13.3. The van der Waals surface area contributed by atoms with Gasteiger partial charge in [0.2, 0.25) is 10.0 Å². The maximum Gasteiger partial charge on any atom is 0.243 e. The van der Waals surface area contributed by atoms with Crippen LogP contribution in [-0.4, -0.2) is 53.4 Å². The van der Waals surface area contributed by atoms with Gasteiger partial charge in [0.1, 0.15) is 11.0 Å². The zero-order chi connectivity index (χ0) is 18.2. The molecule has 6 nitrogen and oxygen atoms in total. The normalized spacial score (nSPS) is 17.1. The number of aromatic nitrogens is 2. The average molecular weight is 391 g/mol. The largest absolute Gasteiger partial charge is 0.321 e. The lowest BCUT2D eigenvalue weighted by atomic mass is 10.3. The Morgan fingerprint density at radius 3 is 2.40 bits per heavy atom. The summed E-state index contributed by atoms with van der Waals surface area (Å²) in [6.45, 7) is 2.10. The topological polar surface area (TPSA) is 58.4 Å². The van der Waals surface area contributed by atoms with Crippen LogP contribution in [0.3, 0.4) is 0 Å². The summed E-state index contributed by atoms with van der Waals surface area (Å²) in [7, 11) is -2.03. The van der Waals surface area contributed by atoms with E-state index in [0.717, 1.165) is 18.0 Å². The van der Waals surface area contributed by atoms with Crippen molar-refractivity contribution in [2.24, 2.45) is 7.05 Å². The molecule has 2 aromatic rings. The third-order valence-corrected chi connectivity index (χ3v) is 6.50. The molecular weight excluding hydrogens is 374 g/mol. The standard InChI is InChI=1S/C15H17ClF2N4O2S/c1-20-14(16)9-19-15(20)10-21-4-6-22(7-5-21)25(23,24)11-2-3-12(17)13(18)8-11/h2-3,8-9H,4-7,10H2,1H3. The molecule has 3 rings (SSSR count). The van der Waals surface area contributed by atoms with Gasteiger partial charge in [-0.3, -0.25) is 4.90 Å². The lowest BCUT2D eigenvalue weighted by molar-refractivity contribution is 0.177. The van der Waals surface area contributed by atoms with Crippen molar-refractivity contribution >= 4 is 21.6 Å². The zero-order valence-electron chi connectivity index (χ0n) is 13.5. The summed E-state index contributed by atoms with van der Waals surface area (Å²) >= 11 is 5.96. The van der Waals surface area contributed by atoms with Gasteiger partial charge in [-0.2, -0.15) is 4.31 Å². The Balaban J connectivity index is 1.67. The molecule has 2 heterocycles. The molecule has 1 aromatic heterocycles. The summed E-state index contributed by atoms with van der Waals surface area (Å²) in [5, 5.41) is 0.537. The van der Waals surface area contributed by atoms with Crippen LogP contribution in [0.4, 0.5) is 8.78 Å². The van der Waals surface area contributed by atoms with E-state index in [2.05, 4.69) is 9.88 Å². The monoisotopic (exact) mass is 390 g/mol. The fraction of sp³-hybridized carbons (Fsp3) is 0.400. The SMILES string of the molecule is Cn1c(Cl)cnc1CN1CCN(S(=O)(=O)c2ccc(F)c(F)c2)CC1. The smallest absolute Gasteiger partial charge is 0.243 e. The summed E-state index contributed by atoms with van der Waals surface area (Å²) in [4.78, 5) is 6.05. The number of nitrogens with zero attached hydrogens (tertiary/aromatic N) is 4. The van der Waals surface area contributed by atoms with Crippen molar-refractivity contribution in [2.75, 3.05) is 26.2 Å². The van der Waals surface area contributed by atoms with Crippen LogP contribution in [0.25, 0.3) is 0 Å². The molecular formula is C15H17ClF2N4O2S. The van der Waals surface area contributed by atoms with Crippen LogP contribution >= 0.6 is 11.6 Å². The van der Waals surface area contributed by atoms with Gasteiger partial charge >= 0.3 is 0 Å². The predicted octanol–water partition coefficient (Wildman–Crippen LogP) is 1.86. The summed E-state index contributed by atoms with van der Waals surface area (Å²) in [6.07, 6.45) is 1.57. The number of sulfonamides is 1. The van der Waals surface area contributed by atoms with E-state index in [9.17, 15) is 17.2 Å². The molecule has 0 spiro atoms. The van der Waals surface area contributed by atoms with E-state index in [1.807, 2.05) is 7.05 Å². The first-order valence-electron chi connectivity index (χ1n) is 7.62. The van der Waals surface area contributed by atoms with E-state index < -0.39 is 21.7 Å². The molecule has 0 amide bonds. The zero-order valence-corrected chi connectivity index (χ0v) is 15.1. The predicted molar refractivity (Wildman–Crippen MR) is 88.6 cm³/mol. The Kier molecular flexibility index (Phi) is 5.10.